The van der Waals surface area contributed by atoms with Gasteiger partial charge in [-0.2, -0.15) is 0 Å². The second-order valence-corrected chi connectivity index (χ2v) is 4.37. The summed E-state index contributed by atoms with van der Waals surface area (Å²) in [5.74, 6) is 0.792. The average molecular weight is 190 g/mol. The molecule has 0 spiro atoms. The molecule has 1 aromatic heterocycles. The Bertz CT molecular complexity index is 304. The lowest BCUT2D eigenvalue weighted by Gasteiger charge is -2.17. The van der Waals surface area contributed by atoms with E-state index in [4.69, 9.17) is 0 Å². The van der Waals surface area contributed by atoms with Gasteiger partial charge in [0.2, 0.25) is 0 Å². The predicted molar refractivity (Wildman–Crippen MR) is 61.4 cm³/mol. The fraction of sp³-hybridized carbons (Fsp3) is 0.500. The van der Waals surface area contributed by atoms with Crippen LogP contribution in [0.3, 0.4) is 0 Å². The van der Waals surface area contributed by atoms with Crippen LogP contribution in [-0.2, 0) is 5.41 Å². The first-order valence-corrected chi connectivity index (χ1v) is 5.03. The summed E-state index contributed by atoms with van der Waals surface area (Å²) in [5, 5.41) is 0. The number of nitrogens with zero attached hydrogens (tertiary/aromatic N) is 2. The minimum absolute atomic E-state index is 0.167. The molecule has 0 saturated heterocycles. The van der Waals surface area contributed by atoms with Crippen molar-refractivity contribution in [2.75, 3.05) is 0 Å². The highest BCUT2D eigenvalue weighted by molar-refractivity contribution is 5.61. The summed E-state index contributed by atoms with van der Waals surface area (Å²) in [4.78, 5) is 8.50. The fourth-order valence-corrected chi connectivity index (χ4v) is 1.09. The number of hydrogen-bond donors (Lipinski definition) is 0. The summed E-state index contributed by atoms with van der Waals surface area (Å²) < 4.78 is 0. The standard InChI is InChI=1S/C12H18N2/c1-5-8-13-11-7-6-10(9-14-11)12(2,3)4/h6-9H,5H2,1-4H3. The van der Waals surface area contributed by atoms with Crippen LogP contribution in [0.2, 0.25) is 0 Å². The SMILES string of the molecule is CCC=Nc1ccc(C(C)(C)C)cn1. The van der Waals surface area contributed by atoms with Gasteiger partial charge in [-0.25, -0.2) is 9.98 Å². The van der Waals surface area contributed by atoms with Gasteiger partial charge >= 0.3 is 0 Å². The quantitative estimate of drug-likeness (QED) is 0.655. The summed E-state index contributed by atoms with van der Waals surface area (Å²) in [7, 11) is 0. The molecule has 0 amide bonds. The lowest BCUT2D eigenvalue weighted by Crippen LogP contribution is -2.10. The van der Waals surface area contributed by atoms with E-state index in [2.05, 4.69) is 43.7 Å². The fourth-order valence-electron chi connectivity index (χ4n) is 1.09. The van der Waals surface area contributed by atoms with Crippen LogP contribution in [0, 0.1) is 0 Å². The van der Waals surface area contributed by atoms with E-state index in [1.165, 1.54) is 5.56 Å². The topological polar surface area (TPSA) is 25.2 Å². The maximum atomic E-state index is 4.28. The summed E-state index contributed by atoms with van der Waals surface area (Å²) >= 11 is 0. The zero-order chi connectivity index (χ0) is 10.6. The zero-order valence-corrected chi connectivity index (χ0v) is 9.41. The molecule has 0 aliphatic heterocycles. The van der Waals surface area contributed by atoms with Crippen LogP contribution in [0.25, 0.3) is 0 Å². The first kappa shape index (κ1) is 10.9. The van der Waals surface area contributed by atoms with Gasteiger partial charge < -0.3 is 0 Å². The Morgan fingerprint density at radius 1 is 1.36 bits per heavy atom. The molecule has 1 aromatic rings. The molecule has 0 aliphatic carbocycles. The van der Waals surface area contributed by atoms with E-state index in [1.54, 1.807) is 0 Å². The van der Waals surface area contributed by atoms with E-state index in [9.17, 15) is 0 Å². The number of pyridine rings is 1. The van der Waals surface area contributed by atoms with Gasteiger partial charge in [0, 0.05) is 12.4 Å². The Morgan fingerprint density at radius 2 is 2.07 bits per heavy atom. The first-order chi connectivity index (χ1) is 6.54. The lowest BCUT2D eigenvalue weighted by molar-refractivity contribution is 0.587. The van der Waals surface area contributed by atoms with Gasteiger partial charge in [0.25, 0.3) is 0 Å². The monoisotopic (exact) mass is 190 g/mol. The van der Waals surface area contributed by atoms with Gasteiger partial charge in [0.15, 0.2) is 5.82 Å². The van der Waals surface area contributed by atoms with Crippen LogP contribution < -0.4 is 0 Å². The first-order valence-electron chi connectivity index (χ1n) is 5.03. The van der Waals surface area contributed by atoms with E-state index in [0.717, 1.165) is 12.2 Å². The van der Waals surface area contributed by atoms with Crippen LogP contribution in [0.4, 0.5) is 5.82 Å². The average Bonchev–Trinajstić information content (AvgIpc) is 2.14. The van der Waals surface area contributed by atoms with Gasteiger partial charge in [-0.3, -0.25) is 0 Å². The number of hydrogen-bond acceptors (Lipinski definition) is 2. The van der Waals surface area contributed by atoms with Crippen molar-refractivity contribution in [1.29, 1.82) is 0 Å². The smallest absolute Gasteiger partial charge is 0.151 e. The molecule has 14 heavy (non-hydrogen) atoms. The molecule has 0 aromatic carbocycles. The Kier molecular flexibility index (Phi) is 3.39. The third-order valence-corrected chi connectivity index (χ3v) is 2.02. The highest BCUT2D eigenvalue weighted by Crippen LogP contribution is 2.22. The second kappa shape index (κ2) is 4.36. The van der Waals surface area contributed by atoms with Crippen molar-refractivity contribution < 1.29 is 0 Å². The summed E-state index contributed by atoms with van der Waals surface area (Å²) in [5.41, 5.74) is 1.41. The number of aliphatic imine (C=N–C) groups is 1. The van der Waals surface area contributed by atoms with Crippen molar-refractivity contribution in [3.8, 4) is 0 Å². The van der Waals surface area contributed by atoms with Crippen LogP contribution in [0.5, 0.6) is 0 Å². The van der Waals surface area contributed by atoms with Gasteiger partial charge in [-0.15, -0.1) is 0 Å². The summed E-state index contributed by atoms with van der Waals surface area (Å²) in [6.07, 6.45) is 4.73. The molecule has 0 N–H and O–H groups in total. The summed E-state index contributed by atoms with van der Waals surface area (Å²) in [6, 6.07) is 4.06. The highest BCUT2D eigenvalue weighted by Gasteiger charge is 2.13. The maximum Gasteiger partial charge on any atom is 0.151 e. The van der Waals surface area contributed by atoms with Crippen LogP contribution >= 0.6 is 0 Å². The molecule has 0 saturated carbocycles. The van der Waals surface area contributed by atoms with Crippen molar-refractivity contribution in [2.45, 2.75) is 39.5 Å². The molecular formula is C12H18N2. The molecule has 2 heteroatoms. The molecule has 0 atom stereocenters. The van der Waals surface area contributed by atoms with Crippen LogP contribution in [-0.4, -0.2) is 11.2 Å². The van der Waals surface area contributed by atoms with E-state index in [1.807, 2.05) is 18.5 Å². The van der Waals surface area contributed by atoms with E-state index in [-0.39, 0.29) is 5.41 Å². The lowest BCUT2D eigenvalue weighted by atomic mass is 9.88. The molecule has 76 valence electrons. The van der Waals surface area contributed by atoms with E-state index >= 15 is 0 Å². The summed E-state index contributed by atoms with van der Waals surface area (Å²) in [6.45, 7) is 8.60. The molecular weight excluding hydrogens is 172 g/mol. The Balaban J connectivity index is 2.84. The molecule has 0 aliphatic rings. The molecule has 1 heterocycles. The molecule has 0 bridgehead atoms. The van der Waals surface area contributed by atoms with Gasteiger partial charge in [-0.05, 0) is 23.5 Å². The van der Waals surface area contributed by atoms with Gasteiger partial charge in [0.1, 0.15) is 0 Å². The third-order valence-electron chi connectivity index (χ3n) is 2.02. The van der Waals surface area contributed by atoms with Crippen LogP contribution in [0.15, 0.2) is 23.3 Å². The van der Waals surface area contributed by atoms with Gasteiger partial charge in [0.05, 0.1) is 0 Å². The zero-order valence-electron chi connectivity index (χ0n) is 9.41. The van der Waals surface area contributed by atoms with Gasteiger partial charge in [-0.1, -0.05) is 33.8 Å². The van der Waals surface area contributed by atoms with Crippen molar-refractivity contribution in [1.82, 2.24) is 4.98 Å². The highest BCUT2D eigenvalue weighted by atomic mass is 14.9. The minimum Gasteiger partial charge on any atom is -0.242 e. The van der Waals surface area contributed by atoms with E-state index < -0.39 is 0 Å². The Morgan fingerprint density at radius 3 is 2.50 bits per heavy atom. The Labute approximate surface area is 86.1 Å². The third kappa shape index (κ3) is 2.95. The predicted octanol–water partition coefficient (Wildman–Crippen LogP) is 3.49. The largest absolute Gasteiger partial charge is 0.242 e. The number of rotatable bonds is 2. The normalized spacial score (nSPS) is 12.3. The maximum absolute atomic E-state index is 4.28. The number of aromatic nitrogens is 1. The second-order valence-electron chi connectivity index (χ2n) is 4.37. The van der Waals surface area contributed by atoms with Crippen LogP contribution in [0.1, 0.15) is 39.7 Å². The Hall–Kier alpha value is -1.18. The van der Waals surface area contributed by atoms with Crippen molar-refractivity contribution in [3.63, 3.8) is 0 Å². The molecule has 0 unspecified atom stereocenters. The molecule has 1 rings (SSSR count). The van der Waals surface area contributed by atoms with Crippen molar-refractivity contribution in [2.24, 2.45) is 4.99 Å². The van der Waals surface area contributed by atoms with E-state index in [0.29, 0.717) is 0 Å². The molecule has 2 nitrogen and oxygen atoms in total. The molecule has 0 fully saturated rings. The van der Waals surface area contributed by atoms with Crippen molar-refractivity contribution in [3.05, 3.63) is 23.9 Å². The minimum atomic E-state index is 0.167. The van der Waals surface area contributed by atoms with Crippen molar-refractivity contribution >= 4 is 12.0 Å². The molecule has 0 radical (unpaired) electrons.